The third-order valence-electron chi connectivity index (χ3n) is 1.57. The van der Waals surface area contributed by atoms with Gasteiger partial charge in [0.2, 0.25) is 0 Å². The molecule has 0 spiro atoms. The number of nitrogens with two attached hydrogens (primary N) is 1. The van der Waals surface area contributed by atoms with Crippen LogP contribution in [0.25, 0.3) is 0 Å². The summed E-state index contributed by atoms with van der Waals surface area (Å²) >= 11 is 0. The molecule has 0 amide bonds. The van der Waals surface area contributed by atoms with Crippen molar-refractivity contribution >= 4 is 12.6 Å². The van der Waals surface area contributed by atoms with Crippen LogP contribution >= 0.6 is 0 Å². The second kappa shape index (κ2) is 4.86. The lowest BCUT2D eigenvalue weighted by atomic mass is 9.79. The van der Waals surface area contributed by atoms with E-state index in [1.165, 1.54) is 0 Å². The summed E-state index contributed by atoms with van der Waals surface area (Å²) in [5.41, 5.74) is 5.61. The largest absolute Gasteiger partial charge is 0.493 e. The molecule has 0 unspecified atom stereocenters. The van der Waals surface area contributed by atoms with E-state index < -0.39 is 7.12 Å². The molecule has 0 saturated carbocycles. The van der Waals surface area contributed by atoms with Gasteiger partial charge in [-0.1, -0.05) is 18.2 Å². The van der Waals surface area contributed by atoms with Gasteiger partial charge in [0, 0.05) is 12.0 Å². The van der Waals surface area contributed by atoms with Crippen molar-refractivity contribution in [2.75, 3.05) is 13.2 Å². The molecule has 4 nitrogen and oxygen atoms in total. The molecule has 1 aromatic rings. The van der Waals surface area contributed by atoms with Crippen molar-refractivity contribution in [3.8, 4) is 5.75 Å². The first-order valence-electron chi connectivity index (χ1n) is 4.03. The molecule has 0 fully saturated rings. The summed E-state index contributed by atoms with van der Waals surface area (Å²) in [6, 6.07) is 6.74. The first kappa shape index (κ1) is 10.0. The number of benzene rings is 1. The highest BCUT2D eigenvalue weighted by atomic mass is 16.5. The number of hydrogen-bond acceptors (Lipinski definition) is 4. The summed E-state index contributed by atoms with van der Waals surface area (Å²) in [4.78, 5) is 0. The maximum atomic E-state index is 8.95. The zero-order valence-electron chi connectivity index (χ0n) is 7.18. The van der Waals surface area contributed by atoms with Crippen LogP contribution in [0, 0.1) is 0 Å². The zero-order valence-corrected chi connectivity index (χ0v) is 7.18. The molecule has 0 aromatic heterocycles. The van der Waals surface area contributed by atoms with E-state index in [-0.39, 0.29) is 0 Å². The summed E-state index contributed by atoms with van der Waals surface area (Å²) in [7, 11) is -1.51. The second-order valence-corrected chi connectivity index (χ2v) is 2.55. The van der Waals surface area contributed by atoms with Crippen molar-refractivity contribution in [3.05, 3.63) is 24.3 Å². The van der Waals surface area contributed by atoms with Gasteiger partial charge in [-0.25, -0.2) is 0 Å². The molecule has 0 bridgehead atoms. The smallest absolute Gasteiger partial charge is 0.492 e. The number of hydrogen-bond donors (Lipinski definition) is 3. The van der Waals surface area contributed by atoms with Crippen molar-refractivity contribution in [2.45, 2.75) is 0 Å². The Labute approximate surface area is 77.1 Å². The lowest BCUT2D eigenvalue weighted by molar-refractivity contribution is 0.328. The van der Waals surface area contributed by atoms with Gasteiger partial charge in [0.25, 0.3) is 0 Å². The van der Waals surface area contributed by atoms with Crippen LogP contribution in [0.1, 0.15) is 0 Å². The highest BCUT2D eigenvalue weighted by Crippen LogP contribution is 2.06. The van der Waals surface area contributed by atoms with Crippen LogP contribution in [-0.4, -0.2) is 30.3 Å². The average molecular weight is 181 g/mol. The zero-order chi connectivity index (χ0) is 9.68. The van der Waals surface area contributed by atoms with Crippen molar-refractivity contribution in [2.24, 2.45) is 5.73 Å². The monoisotopic (exact) mass is 181 g/mol. The Morgan fingerprint density at radius 3 is 2.62 bits per heavy atom. The summed E-state index contributed by atoms with van der Waals surface area (Å²) < 4.78 is 5.20. The van der Waals surface area contributed by atoms with Crippen molar-refractivity contribution in [3.63, 3.8) is 0 Å². The van der Waals surface area contributed by atoms with Crippen LogP contribution in [0.5, 0.6) is 5.75 Å². The van der Waals surface area contributed by atoms with Gasteiger partial charge in [-0.15, -0.1) is 0 Å². The second-order valence-electron chi connectivity index (χ2n) is 2.55. The highest BCUT2D eigenvalue weighted by molar-refractivity contribution is 6.59. The summed E-state index contributed by atoms with van der Waals surface area (Å²) in [5.74, 6) is 0.461. The Morgan fingerprint density at radius 2 is 2.00 bits per heavy atom. The van der Waals surface area contributed by atoms with E-state index in [2.05, 4.69) is 0 Å². The topological polar surface area (TPSA) is 75.7 Å². The first-order chi connectivity index (χ1) is 6.25. The Balaban J connectivity index is 2.78. The van der Waals surface area contributed by atoms with Crippen molar-refractivity contribution in [1.29, 1.82) is 0 Å². The molecule has 0 aliphatic rings. The minimum atomic E-state index is -1.51. The fourth-order valence-corrected chi connectivity index (χ4v) is 0.994. The molecule has 0 aliphatic heterocycles. The van der Waals surface area contributed by atoms with Gasteiger partial charge >= 0.3 is 7.12 Å². The molecule has 13 heavy (non-hydrogen) atoms. The third-order valence-corrected chi connectivity index (χ3v) is 1.57. The van der Waals surface area contributed by atoms with Crippen LogP contribution in [0.2, 0.25) is 0 Å². The minimum Gasteiger partial charge on any atom is -0.493 e. The molecule has 1 aromatic carbocycles. The molecular weight excluding hydrogens is 169 g/mol. The quantitative estimate of drug-likeness (QED) is 0.505. The van der Waals surface area contributed by atoms with Gasteiger partial charge in [-0.05, 0) is 6.07 Å². The van der Waals surface area contributed by atoms with Gasteiger partial charge in [-0.2, -0.15) is 0 Å². The Hall–Kier alpha value is -1.04. The fraction of sp³-hybridized carbons (Fsp3) is 0.250. The highest BCUT2D eigenvalue weighted by Gasteiger charge is 2.15. The van der Waals surface area contributed by atoms with Crippen LogP contribution < -0.4 is 15.9 Å². The standard InChI is InChI=1S/C8H12BNO3/c10-5-6-13-8-4-2-1-3-7(8)9(11)12/h1-4,11-12H,5-6,10H2. The molecule has 0 heterocycles. The van der Waals surface area contributed by atoms with Crippen molar-refractivity contribution < 1.29 is 14.8 Å². The first-order valence-corrected chi connectivity index (χ1v) is 4.03. The molecule has 5 heteroatoms. The Bertz CT molecular complexity index is 267. The SMILES string of the molecule is NCCOc1ccccc1B(O)O. The summed E-state index contributed by atoms with van der Waals surface area (Å²) in [6.07, 6.45) is 0. The Kier molecular flexibility index (Phi) is 3.76. The van der Waals surface area contributed by atoms with Gasteiger partial charge in [0.1, 0.15) is 12.4 Å². The predicted octanol–water partition coefficient (Wildman–Crippen LogP) is -1.30. The molecule has 70 valence electrons. The lowest BCUT2D eigenvalue weighted by Crippen LogP contribution is -2.31. The number of ether oxygens (including phenoxy) is 1. The molecule has 1 rings (SSSR count). The maximum absolute atomic E-state index is 8.95. The van der Waals surface area contributed by atoms with E-state index in [1.807, 2.05) is 0 Å². The normalized spacial score (nSPS) is 9.77. The Morgan fingerprint density at radius 1 is 1.31 bits per heavy atom. The average Bonchev–Trinajstić information content (AvgIpc) is 2.15. The van der Waals surface area contributed by atoms with Gasteiger partial charge in [0.15, 0.2) is 0 Å². The summed E-state index contributed by atoms with van der Waals surface area (Å²) in [5, 5.41) is 17.9. The van der Waals surface area contributed by atoms with E-state index in [9.17, 15) is 0 Å². The van der Waals surface area contributed by atoms with Crippen LogP contribution in [0.15, 0.2) is 24.3 Å². The van der Waals surface area contributed by atoms with E-state index in [0.717, 1.165) is 0 Å². The molecule has 0 radical (unpaired) electrons. The molecule has 0 atom stereocenters. The fourth-order valence-electron chi connectivity index (χ4n) is 0.994. The van der Waals surface area contributed by atoms with Gasteiger partial charge in [0.05, 0.1) is 0 Å². The molecule has 0 saturated heterocycles. The molecule has 4 N–H and O–H groups in total. The lowest BCUT2D eigenvalue weighted by Gasteiger charge is -2.09. The maximum Gasteiger partial charge on any atom is 0.492 e. The van der Waals surface area contributed by atoms with Gasteiger partial charge in [-0.3, -0.25) is 0 Å². The minimum absolute atomic E-state index is 0.357. The van der Waals surface area contributed by atoms with Gasteiger partial charge < -0.3 is 20.5 Å². The van der Waals surface area contributed by atoms with E-state index in [1.54, 1.807) is 24.3 Å². The van der Waals surface area contributed by atoms with E-state index >= 15 is 0 Å². The number of para-hydroxylation sites is 1. The molecule has 0 aliphatic carbocycles. The predicted molar refractivity (Wildman–Crippen MR) is 50.8 cm³/mol. The third kappa shape index (κ3) is 2.73. The molecular formula is C8H12BNO3. The summed E-state index contributed by atoms with van der Waals surface area (Å²) in [6.45, 7) is 0.763. The van der Waals surface area contributed by atoms with Crippen LogP contribution in [-0.2, 0) is 0 Å². The van der Waals surface area contributed by atoms with Crippen LogP contribution in [0.3, 0.4) is 0 Å². The van der Waals surface area contributed by atoms with Crippen molar-refractivity contribution in [1.82, 2.24) is 0 Å². The van der Waals surface area contributed by atoms with E-state index in [0.29, 0.717) is 24.4 Å². The van der Waals surface area contributed by atoms with E-state index in [4.69, 9.17) is 20.5 Å². The number of rotatable bonds is 4. The van der Waals surface area contributed by atoms with Crippen LogP contribution in [0.4, 0.5) is 0 Å².